The van der Waals surface area contributed by atoms with E-state index in [1.54, 1.807) is 7.05 Å². The van der Waals surface area contributed by atoms with E-state index in [1.807, 2.05) is 6.92 Å². The van der Waals surface area contributed by atoms with Gasteiger partial charge in [-0.05, 0) is 13.3 Å². The first-order valence-electron chi connectivity index (χ1n) is 5.71. The van der Waals surface area contributed by atoms with Crippen molar-refractivity contribution in [3.05, 3.63) is 0 Å². The Morgan fingerprint density at radius 2 is 2.00 bits per heavy atom. The number of aliphatic carboxylic acids is 1. The molecule has 0 aliphatic carbocycles. The molecule has 0 aliphatic rings. The van der Waals surface area contributed by atoms with Crippen molar-refractivity contribution in [3.63, 3.8) is 0 Å². The Morgan fingerprint density at radius 1 is 1.41 bits per heavy atom. The van der Waals surface area contributed by atoms with Crippen molar-refractivity contribution in [1.29, 1.82) is 0 Å². The number of aliphatic hydroxyl groups is 1. The Hall–Kier alpha value is -1.30. The van der Waals surface area contributed by atoms with E-state index in [4.69, 9.17) is 5.11 Å². The van der Waals surface area contributed by atoms with Crippen LogP contribution in [0.1, 0.15) is 33.1 Å². The highest BCUT2D eigenvalue weighted by atomic mass is 16.4. The van der Waals surface area contributed by atoms with Gasteiger partial charge >= 0.3 is 12.0 Å². The maximum atomic E-state index is 11.5. The first kappa shape index (κ1) is 15.7. The van der Waals surface area contributed by atoms with Crippen molar-refractivity contribution < 1.29 is 19.8 Å². The molecule has 2 amide bonds. The fourth-order valence-corrected chi connectivity index (χ4v) is 1.29. The number of hydrogen-bond donors (Lipinski definition) is 3. The molecule has 3 N–H and O–H groups in total. The minimum absolute atomic E-state index is 0.0748. The first-order chi connectivity index (χ1) is 7.78. The number of carboxylic acid groups (broad SMARTS) is 1. The van der Waals surface area contributed by atoms with Gasteiger partial charge < -0.3 is 20.4 Å². The summed E-state index contributed by atoms with van der Waals surface area (Å²) in [6.45, 7) is 3.98. The number of carbonyl (C=O) groups excluding carboxylic acids is 1. The van der Waals surface area contributed by atoms with Gasteiger partial charge in [-0.1, -0.05) is 13.3 Å². The quantitative estimate of drug-likeness (QED) is 0.615. The Kier molecular flexibility index (Phi) is 6.57. The van der Waals surface area contributed by atoms with Gasteiger partial charge in [0.25, 0.3) is 0 Å². The maximum absolute atomic E-state index is 11.5. The Bertz CT molecular complexity index is 266. The van der Waals surface area contributed by atoms with E-state index < -0.39 is 18.0 Å². The predicted molar refractivity (Wildman–Crippen MR) is 63.8 cm³/mol. The maximum Gasteiger partial charge on any atom is 0.317 e. The smallest absolute Gasteiger partial charge is 0.317 e. The normalized spacial score (nSPS) is 13.9. The lowest BCUT2D eigenvalue weighted by atomic mass is 10.0. The van der Waals surface area contributed by atoms with Crippen molar-refractivity contribution in [2.45, 2.75) is 38.7 Å². The molecule has 0 aromatic carbocycles. The summed E-state index contributed by atoms with van der Waals surface area (Å²) in [5.41, 5.74) is -1.42. The summed E-state index contributed by atoms with van der Waals surface area (Å²) in [7, 11) is 1.66. The molecule has 0 heterocycles. The molecule has 6 heteroatoms. The summed E-state index contributed by atoms with van der Waals surface area (Å²) >= 11 is 0. The van der Waals surface area contributed by atoms with Gasteiger partial charge in [-0.2, -0.15) is 0 Å². The third-order valence-corrected chi connectivity index (χ3v) is 2.35. The molecule has 1 atom stereocenters. The third kappa shape index (κ3) is 7.57. The second-order valence-corrected chi connectivity index (χ2v) is 4.50. The summed E-state index contributed by atoms with van der Waals surface area (Å²) in [5, 5.41) is 20.7. The minimum Gasteiger partial charge on any atom is -0.481 e. The molecular weight excluding hydrogens is 224 g/mol. The van der Waals surface area contributed by atoms with E-state index >= 15 is 0 Å². The lowest BCUT2D eigenvalue weighted by Gasteiger charge is -2.24. The molecule has 0 aliphatic heterocycles. The van der Waals surface area contributed by atoms with Crippen LogP contribution in [0, 0.1) is 0 Å². The van der Waals surface area contributed by atoms with Crippen LogP contribution in [0.25, 0.3) is 0 Å². The predicted octanol–water partition coefficient (Wildman–Crippen LogP) is 0.654. The SMILES string of the molecule is CCCCN(C)C(=O)NCC(C)(O)CC(=O)O. The number of carbonyl (C=O) groups is 2. The molecule has 6 nitrogen and oxygen atoms in total. The van der Waals surface area contributed by atoms with Crippen LogP contribution in [-0.2, 0) is 4.79 Å². The molecule has 0 saturated heterocycles. The van der Waals surface area contributed by atoms with Crippen LogP contribution in [0.4, 0.5) is 4.79 Å². The lowest BCUT2D eigenvalue weighted by molar-refractivity contribution is -0.141. The number of urea groups is 1. The van der Waals surface area contributed by atoms with Gasteiger partial charge in [0.05, 0.1) is 12.0 Å². The average Bonchev–Trinajstić information content (AvgIpc) is 2.20. The van der Waals surface area contributed by atoms with Crippen molar-refractivity contribution in [2.24, 2.45) is 0 Å². The zero-order chi connectivity index (χ0) is 13.5. The largest absolute Gasteiger partial charge is 0.481 e. The zero-order valence-corrected chi connectivity index (χ0v) is 10.7. The summed E-state index contributed by atoms with van der Waals surface area (Å²) in [5.74, 6) is -1.09. The van der Waals surface area contributed by atoms with Gasteiger partial charge in [0.1, 0.15) is 0 Å². The van der Waals surface area contributed by atoms with Crippen molar-refractivity contribution in [2.75, 3.05) is 20.1 Å². The van der Waals surface area contributed by atoms with E-state index in [0.717, 1.165) is 12.8 Å². The molecule has 0 rings (SSSR count). The van der Waals surface area contributed by atoms with Crippen molar-refractivity contribution >= 4 is 12.0 Å². The minimum atomic E-state index is -1.42. The van der Waals surface area contributed by atoms with Crippen LogP contribution < -0.4 is 5.32 Å². The van der Waals surface area contributed by atoms with Gasteiger partial charge in [-0.3, -0.25) is 4.79 Å². The van der Waals surface area contributed by atoms with Crippen molar-refractivity contribution in [1.82, 2.24) is 10.2 Å². The topological polar surface area (TPSA) is 89.9 Å². The van der Waals surface area contributed by atoms with Crippen LogP contribution in [0.15, 0.2) is 0 Å². The van der Waals surface area contributed by atoms with E-state index in [1.165, 1.54) is 11.8 Å². The van der Waals surface area contributed by atoms with Crippen LogP contribution >= 0.6 is 0 Å². The van der Waals surface area contributed by atoms with Gasteiger partial charge in [-0.25, -0.2) is 4.79 Å². The zero-order valence-electron chi connectivity index (χ0n) is 10.7. The fourth-order valence-electron chi connectivity index (χ4n) is 1.29. The Balaban J connectivity index is 4.01. The molecule has 1 unspecified atom stereocenters. The average molecular weight is 246 g/mol. The third-order valence-electron chi connectivity index (χ3n) is 2.35. The summed E-state index contributed by atoms with van der Waals surface area (Å²) in [4.78, 5) is 23.5. The molecule has 0 spiro atoms. The number of unbranched alkanes of at least 4 members (excludes halogenated alkanes) is 1. The number of carboxylic acids is 1. The molecule has 17 heavy (non-hydrogen) atoms. The fraction of sp³-hybridized carbons (Fsp3) is 0.818. The first-order valence-corrected chi connectivity index (χ1v) is 5.71. The van der Waals surface area contributed by atoms with Crippen LogP contribution in [0.3, 0.4) is 0 Å². The number of nitrogens with zero attached hydrogens (tertiary/aromatic N) is 1. The molecule has 0 aromatic rings. The molecule has 0 bridgehead atoms. The van der Waals surface area contributed by atoms with E-state index in [9.17, 15) is 14.7 Å². The summed E-state index contributed by atoms with van der Waals surface area (Å²) in [6.07, 6.45) is 1.51. The number of rotatable bonds is 7. The van der Waals surface area contributed by atoms with Crippen molar-refractivity contribution in [3.8, 4) is 0 Å². The summed E-state index contributed by atoms with van der Waals surface area (Å²) in [6, 6.07) is -0.302. The van der Waals surface area contributed by atoms with E-state index in [0.29, 0.717) is 6.54 Å². The number of amides is 2. The Labute approximate surface area is 102 Å². The second kappa shape index (κ2) is 7.11. The Morgan fingerprint density at radius 3 is 2.47 bits per heavy atom. The molecule has 0 saturated carbocycles. The monoisotopic (exact) mass is 246 g/mol. The van der Waals surface area contributed by atoms with Gasteiger partial charge in [0, 0.05) is 20.1 Å². The summed E-state index contributed by atoms with van der Waals surface area (Å²) < 4.78 is 0. The highest BCUT2D eigenvalue weighted by Crippen LogP contribution is 2.07. The highest BCUT2D eigenvalue weighted by Gasteiger charge is 2.25. The van der Waals surface area contributed by atoms with Crippen LogP contribution in [0.5, 0.6) is 0 Å². The van der Waals surface area contributed by atoms with Gasteiger partial charge in [-0.15, -0.1) is 0 Å². The van der Waals surface area contributed by atoms with Crippen LogP contribution in [-0.4, -0.2) is 52.9 Å². The lowest BCUT2D eigenvalue weighted by Crippen LogP contribution is -2.46. The number of hydrogen-bond acceptors (Lipinski definition) is 3. The number of nitrogens with one attached hydrogen (secondary N) is 1. The molecule has 100 valence electrons. The highest BCUT2D eigenvalue weighted by molar-refractivity contribution is 5.74. The second-order valence-electron chi connectivity index (χ2n) is 4.50. The van der Waals surface area contributed by atoms with Gasteiger partial charge in [0.15, 0.2) is 0 Å². The van der Waals surface area contributed by atoms with Gasteiger partial charge in [0.2, 0.25) is 0 Å². The molecular formula is C11H22N2O4. The van der Waals surface area contributed by atoms with Crippen LogP contribution in [0.2, 0.25) is 0 Å². The molecule has 0 radical (unpaired) electrons. The van der Waals surface area contributed by atoms with E-state index in [-0.39, 0.29) is 12.6 Å². The molecule has 0 fully saturated rings. The van der Waals surface area contributed by atoms with E-state index in [2.05, 4.69) is 5.32 Å². The standard InChI is InChI=1S/C11H22N2O4/c1-4-5-6-13(3)10(16)12-8-11(2,17)7-9(14)15/h17H,4-8H2,1-3H3,(H,12,16)(H,14,15). The molecule has 0 aromatic heterocycles.